The zero-order valence-electron chi connectivity index (χ0n) is 12.7. The normalized spacial score (nSPS) is 10.4. The largest absolute Gasteiger partial charge is 0.461 e. The van der Waals surface area contributed by atoms with E-state index < -0.39 is 11.9 Å². The number of carbonyl (C=O) groups is 2. The number of ether oxygens (including phenoxy) is 2. The molecule has 0 aliphatic rings. The Kier molecular flexibility index (Phi) is 5.23. The van der Waals surface area contributed by atoms with Crippen LogP contribution in [0.4, 0.5) is 5.69 Å². The molecule has 2 rings (SSSR count). The summed E-state index contributed by atoms with van der Waals surface area (Å²) in [6.07, 6.45) is 0. The second-order valence-corrected chi connectivity index (χ2v) is 4.88. The molecule has 1 aromatic heterocycles. The third-order valence-corrected chi connectivity index (χ3v) is 3.15. The summed E-state index contributed by atoms with van der Waals surface area (Å²) in [7, 11) is 0. The Balaban J connectivity index is 2.61. The topological polar surface area (TPSA) is 96.4 Å². The average molecular weight is 338 g/mol. The van der Waals surface area contributed by atoms with E-state index in [9.17, 15) is 9.59 Å². The van der Waals surface area contributed by atoms with Crippen molar-refractivity contribution in [3.05, 3.63) is 40.7 Å². The van der Waals surface area contributed by atoms with E-state index in [0.717, 1.165) is 0 Å². The molecule has 0 aliphatic carbocycles. The number of carbonyl (C=O) groups excluding carboxylic acids is 2. The lowest BCUT2D eigenvalue weighted by molar-refractivity contribution is 0.0510. The van der Waals surface area contributed by atoms with Gasteiger partial charge in [-0.1, -0.05) is 17.7 Å². The summed E-state index contributed by atoms with van der Waals surface area (Å²) < 4.78 is 11.1. The van der Waals surface area contributed by atoms with Crippen LogP contribution in [0.15, 0.2) is 24.3 Å². The summed E-state index contributed by atoms with van der Waals surface area (Å²) in [5.74, 6) is -1.40. The fourth-order valence-electron chi connectivity index (χ4n) is 1.97. The van der Waals surface area contributed by atoms with Gasteiger partial charge < -0.3 is 15.2 Å². The molecule has 0 amide bonds. The molecule has 0 fully saturated rings. The third kappa shape index (κ3) is 3.45. The van der Waals surface area contributed by atoms with Gasteiger partial charge in [-0.25, -0.2) is 14.3 Å². The maximum absolute atomic E-state index is 12.2. The number of anilines is 1. The molecule has 0 radical (unpaired) electrons. The number of hydrogen-bond acceptors (Lipinski definition) is 6. The van der Waals surface area contributed by atoms with Crippen molar-refractivity contribution in [2.24, 2.45) is 0 Å². The second-order valence-electron chi connectivity index (χ2n) is 4.44. The third-order valence-electron chi connectivity index (χ3n) is 2.91. The van der Waals surface area contributed by atoms with Crippen LogP contribution in [-0.4, -0.2) is 34.9 Å². The van der Waals surface area contributed by atoms with E-state index >= 15 is 0 Å². The van der Waals surface area contributed by atoms with E-state index in [1.165, 1.54) is 4.68 Å². The predicted octanol–water partition coefficient (Wildman–Crippen LogP) is 2.46. The van der Waals surface area contributed by atoms with Gasteiger partial charge in [-0.3, -0.25) is 0 Å². The van der Waals surface area contributed by atoms with Crippen LogP contribution in [0.1, 0.15) is 34.8 Å². The fourth-order valence-corrected chi connectivity index (χ4v) is 2.16. The van der Waals surface area contributed by atoms with Gasteiger partial charge in [0.15, 0.2) is 11.4 Å². The van der Waals surface area contributed by atoms with Crippen LogP contribution in [0.2, 0.25) is 5.02 Å². The maximum atomic E-state index is 12.2. The lowest BCUT2D eigenvalue weighted by Gasteiger charge is -2.07. The van der Waals surface area contributed by atoms with Crippen LogP contribution in [0.5, 0.6) is 0 Å². The fraction of sp³-hybridized carbons (Fsp3) is 0.267. The Morgan fingerprint density at radius 2 is 1.87 bits per heavy atom. The lowest BCUT2D eigenvalue weighted by atomic mass is 10.2. The van der Waals surface area contributed by atoms with Gasteiger partial charge >= 0.3 is 11.9 Å². The summed E-state index contributed by atoms with van der Waals surface area (Å²) in [5.41, 5.74) is 6.12. The summed E-state index contributed by atoms with van der Waals surface area (Å²) in [6, 6.07) is 6.63. The molecule has 122 valence electrons. The molecule has 0 aliphatic heterocycles. The number of aromatic nitrogens is 2. The molecule has 2 N–H and O–H groups in total. The van der Waals surface area contributed by atoms with E-state index in [-0.39, 0.29) is 30.3 Å². The monoisotopic (exact) mass is 337 g/mol. The zero-order valence-corrected chi connectivity index (χ0v) is 13.5. The van der Waals surface area contributed by atoms with Crippen molar-refractivity contribution >= 4 is 29.2 Å². The highest BCUT2D eigenvalue weighted by Crippen LogP contribution is 2.24. The number of benzene rings is 1. The van der Waals surface area contributed by atoms with Crippen molar-refractivity contribution in [2.75, 3.05) is 18.9 Å². The molecule has 0 saturated carbocycles. The van der Waals surface area contributed by atoms with E-state index in [2.05, 4.69) is 5.10 Å². The molecule has 8 heteroatoms. The Labute approximate surface area is 137 Å². The number of halogens is 1. The van der Waals surface area contributed by atoms with Crippen LogP contribution >= 0.6 is 11.6 Å². The van der Waals surface area contributed by atoms with Crippen LogP contribution in [0, 0.1) is 0 Å². The molecule has 0 saturated heterocycles. The molecule has 0 atom stereocenters. The number of nitrogens with zero attached hydrogens (tertiary/aromatic N) is 2. The first-order valence-corrected chi connectivity index (χ1v) is 7.36. The van der Waals surface area contributed by atoms with Crippen molar-refractivity contribution in [1.82, 2.24) is 9.78 Å². The van der Waals surface area contributed by atoms with Gasteiger partial charge in [0.25, 0.3) is 0 Å². The molecule has 0 unspecified atom stereocenters. The van der Waals surface area contributed by atoms with E-state index in [1.54, 1.807) is 38.1 Å². The highest BCUT2D eigenvalue weighted by Gasteiger charge is 2.28. The van der Waals surface area contributed by atoms with Gasteiger partial charge in [-0.15, -0.1) is 0 Å². The molecule has 0 spiro atoms. The highest BCUT2D eigenvalue weighted by molar-refractivity contribution is 6.30. The van der Waals surface area contributed by atoms with Gasteiger partial charge in [0.2, 0.25) is 0 Å². The first kappa shape index (κ1) is 16.8. The Bertz CT molecular complexity index is 742. The molecule has 1 aromatic carbocycles. The minimum Gasteiger partial charge on any atom is -0.461 e. The lowest BCUT2D eigenvalue weighted by Crippen LogP contribution is -2.13. The average Bonchev–Trinajstić information content (AvgIpc) is 2.85. The molecule has 7 nitrogen and oxygen atoms in total. The SMILES string of the molecule is CCOC(=O)c1nn(-c2cccc(Cl)c2)c(C(=O)OCC)c1N. The molecule has 23 heavy (non-hydrogen) atoms. The van der Waals surface area contributed by atoms with Gasteiger partial charge in [0.1, 0.15) is 5.69 Å². The van der Waals surface area contributed by atoms with Crippen LogP contribution in [0.25, 0.3) is 5.69 Å². The number of rotatable bonds is 5. The van der Waals surface area contributed by atoms with Crippen molar-refractivity contribution in [3.63, 3.8) is 0 Å². The molecule has 0 bridgehead atoms. The Morgan fingerprint density at radius 3 is 2.48 bits per heavy atom. The number of nitrogen functional groups attached to an aromatic ring is 1. The molecular weight excluding hydrogens is 322 g/mol. The Hall–Kier alpha value is -2.54. The van der Waals surface area contributed by atoms with Gasteiger partial charge in [-0.2, -0.15) is 5.10 Å². The van der Waals surface area contributed by atoms with Gasteiger partial charge in [-0.05, 0) is 32.0 Å². The van der Waals surface area contributed by atoms with E-state index in [0.29, 0.717) is 10.7 Å². The molecule has 2 aromatic rings. The molecule has 1 heterocycles. The minimum atomic E-state index is -0.712. The van der Waals surface area contributed by atoms with E-state index in [1.807, 2.05) is 0 Å². The smallest absolute Gasteiger partial charge is 0.361 e. The van der Waals surface area contributed by atoms with Crippen LogP contribution < -0.4 is 5.73 Å². The highest BCUT2D eigenvalue weighted by atomic mass is 35.5. The summed E-state index contributed by atoms with van der Waals surface area (Å²) in [6.45, 7) is 3.65. The second kappa shape index (κ2) is 7.15. The summed E-state index contributed by atoms with van der Waals surface area (Å²) in [5, 5.41) is 4.55. The van der Waals surface area contributed by atoms with Crippen molar-refractivity contribution < 1.29 is 19.1 Å². The zero-order chi connectivity index (χ0) is 17.0. The quantitative estimate of drug-likeness (QED) is 0.842. The number of esters is 2. The van der Waals surface area contributed by atoms with Crippen molar-refractivity contribution in [2.45, 2.75) is 13.8 Å². The van der Waals surface area contributed by atoms with Gasteiger partial charge in [0, 0.05) is 5.02 Å². The number of nitrogens with two attached hydrogens (primary N) is 1. The van der Waals surface area contributed by atoms with E-state index in [4.69, 9.17) is 26.8 Å². The van der Waals surface area contributed by atoms with Gasteiger partial charge in [0.05, 0.1) is 18.9 Å². The van der Waals surface area contributed by atoms with Crippen molar-refractivity contribution in [3.8, 4) is 5.69 Å². The standard InChI is InChI=1S/C15H16ClN3O4/c1-3-22-14(20)12-11(17)13(15(21)23-4-2)19(18-12)10-7-5-6-9(16)8-10/h5-8H,3-4,17H2,1-2H3. The van der Waals surface area contributed by atoms with Crippen molar-refractivity contribution in [1.29, 1.82) is 0 Å². The van der Waals surface area contributed by atoms with Crippen LogP contribution in [-0.2, 0) is 9.47 Å². The predicted molar refractivity (Wildman–Crippen MR) is 84.9 cm³/mol. The van der Waals surface area contributed by atoms with Crippen LogP contribution in [0.3, 0.4) is 0 Å². The summed E-state index contributed by atoms with van der Waals surface area (Å²) >= 11 is 5.97. The number of hydrogen-bond donors (Lipinski definition) is 1. The maximum Gasteiger partial charge on any atom is 0.361 e. The summed E-state index contributed by atoms with van der Waals surface area (Å²) in [4.78, 5) is 24.1. The first-order valence-electron chi connectivity index (χ1n) is 6.98. The first-order chi connectivity index (χ1) is 11.0. The minimum absolute atomic E-state index is 0.0443. The molecular formula is C15H16ClN3O4. The Morgan fingerprint density at radius 1 is 1.22 bits per heavy atom.